The zero-order valence-electron chi connectivity index (χ0n) is 15.1. The van der Waals surface area contributed by atoms with Gasteiger partial charge in [0.25, 0.3) is 0 Å². The highest BCUT2D eigenvalue weighted by atomic mass is 19.1. The number of hydrogen-bond acceptors (Lipinski definition) is 2. The average molecular weight is 349 g/mol. The largest absolute Gasteiger partial charge is 0.308 e. The van der Waals surface area contributed by atoms with Crippen LogP contribution in [-0.2, 0) is 23.7 Å². The van der Waals surface area contributed by atoms with E-state index >= 15 is 0 Å². The molecule has 26 heavy (non-hydrogen) atoms. The van der Waals surface area contributed by atoms with Crippen molar-refractivity contribution in [3.63, 3.8) is 0 Å². The van der Waals surface area contributed by atoms with Crippen LogP contribution >= 0.6 is 0 Å². The zero-order chi connectivity index (χ0) is 18.6. The third-order valence-corrected chi connectivity index (χ3v) is 6.06. The van der Waals surface area contributed by atoms with Gasteiger partial charge in [-0.15, -0.1) is 0 Å². The lowest BCUT2D eigenvalue weighted by molar-refractivity contribution is -0.121. The summed E-state index contributed by atoms with van der Waals surface area (Å²) in [7, 11) is 1.87. The number of aryl methyl sites for hydroxylation is 1. The topological polar surface area (TPSA) is 39.2 Å². The Balaban J connectivity index is 1.94. The minimum atomic E-state index is -0.454. The van der Waals surface area contributed by atoms with Crippen molar-refractivity contribution >= 4 is 5.78 Å². The van der Waals surface area contributed by atoms with Crippen LogP contribution in [0.15, 0.2) is 36.0 Å². The molecule has 0 radical (unpaired) electrons. The van der Waals surface area contributed by atoms with Crippen LogP contribution in [0.1, 0.15) is 31.5 Å². The van der Waals surface area contributed by atoms with Crippen molar-refractivity contribution < 1.29 is 9.18 Å². The summed E-state index contributed by atoms with van der Waals surface area (Å²) in [4.78, 5) is 15.9. The smallest absolute Gasteiger partial charge is 0.226 e. The molecule has 5 heteroatoms. The number of carbonyl (C=O) groups excluding carboxylic acids is 1. The Morgan fingerprint density at radius 1 is 1.42 bits per heavy atom. The molecule has 2 aliphatic carbocycles. The van der Waals surface area contributed by atoms with Crippen LogP contribution < -0.4 is 0 Å². The predicted molar refractivity (Wildman–Crippen MR) is 96.6 cm³/mol. The van der Waals surface area contributed by atoms with Gasteiger partial charge < -0.3 is 4.79 Å². The monoisotopic (exact) mass is 349 g/mol. The fourth-order valence-electron chi connectivity index (χ4n) is 4.81. The number of ketones is 1. The highest BCUT2D eigenvalue weighted by molar-refractivity contribution is 6.00. The van der Waals surface area contributed by atoms with Gasteiger partial charge in [-0.1, -0.05) is 32.1 Å². The van der Waals surface area contributed by atoms with Crippen LogP contribution in [0.3, 0.4) is 0 Å². The molecule has 1 heterocycles. The van der Waals surface area contributed by atoms with Crippen molar-refractivity contribution in [3.8, 4) is 11.3 Å². The summed E-state index contributed by atoms with van der Waals surface area (Å²) in [6.45, 7) is 11.4. The van der Waals surface area contributed by atoms with E-state index in [-0.39, 0.29) is 29.1 Å². The maximum absolute atomic E-state index is 13.7. The first-order valence-corrected chi connectivity index (χ1v) is 8.83. The summed E-state index contributed by atoms with van der Waals surface area (Å²) in [6.07, 6.45) is 3.47. The highest BCUT2D eigenvalue weighted by Crippen LogP contribution is 2.51. The van der Waals surface area contributed by atoms with Crippen LogP contribution in [-0.4, -0.2) is 15.6 Å². The normalized spacial score (nSPS) is 27.3. The first-order valence-electron chi connectivity index (χ1n) is 8.83. The Labute approximate surface area is 152 Å². The van der Waals surface area contributed by atoms with Crippen molar-refractivity contribution in [1.82, 2.24) is 9.78 Å². The molecule has 0 amide bonds. The summed E-state index contributed by atoms with van der Waals surface area (Å²) in [5, 5.41) is 4.78. The Hall–Kier alpha value is -2.74. The number of carbonyl (C=O) groups is 1. The molecule has 4 rings (SSSR count). The molecule has 0 N–H and O–H groups in total. The van der Waals surface area contributed by atoms with E-state index < -0.39 is 5.41 Å². The Kier molecular flexibility index (Phi) is 3.62. The van der Waals surface area contributed by atoms with Gasteiger partial charge >= 0.3 is 0 Å². The number of Topliss-reactive ketones (excluding diaryl/α,β-unsaturated/α-hetero) is 1. The number of benzene rings is 1. The van der Waals surface area contributed by atoms with Crippen molar-refractivity contribution in [2.45, 2.75) is 32.1 Å². The van der Waals surface area contributed by atoms with Gasteiger partial charge in [-0.05, 0) is 30.9 Å². The van der Waals surface area contributed by atoms with E-state index in [1.165, 1.54) is 12.1 Å². The number of rotatable bonds is 1. The molecule has 1 aromatic heterocycles. The summed E-state index contributed by atoms with van der Waals surface area (Å²) < 4.78 is 15.6. The van der Waals surface area contributed by atoms with E-state index in [4.69, 9.17) is 11.7 Å². The summed E-state index contributed by atoms with van der Waals surface area (Å²) in [6, 6.07) is 6.56. The second kappa shape index (κ2) is 5.63. The molecule has 0 spiro atoms. The molecule has 0 aliphatic heterocycles. The number of fused-ring (bicyclic) bond motifs is 3. The van der Waals surface area contributed by atoms with Crippen LogP contribution in [0.2, 0.25) is 0 Å². The Morgan fingerprint density at radius 2 is 2.19 bits per heavy atom. The second-order valence-electron chi connectivity index (χ2n) is 7.53. The third-order valence-electron chi connectivity index (χ3n) is 6.06. The van der Waals surface area contributed by atoms with Gasteiger partial charge in [0.15, 0.2) is 5.78 Å². The van der Waals surface area contributed by atoms with Crippen molar-refractivity contribution in [2.75, 3.05) is 0 Å². The summed E-state index contributed by atoms with van der Waals surface area (Å²) >= 11 is 0. The molecule has 4 nitrogen and oxygen atoms in total. The van der Waals surface area contributed by atoms with E-state index in [1.807, 2.05) is 26.1 Å². The molecule has 3 atom stereocenters. The number of nitrogens with zero attached hydrogens (tertiary/aromatic N) is 3. The molecule has 1 aromatic carbocycles. The highest BCUT2D eigenvalue weighted by Gasteiger charge is 2.50. The molecule has 0 saturated heterocycles. The number of halogens is 1. The minimum absolute atomic E-state index is 0.0628. The van der Waals surface area contributed by atoms with Gasteiger partial charge in [-0.3, -0.25) is 4.68 Å². The second-order valence-corrected chi connectivity index (χ2v) is 7.53. The number of aromatic nitrogens is 2. The molecule has 2 aliphatic rings. The lowest BCUT2D eigenvalue weighted by atomic mass is 9.58. The van der Waals surface area contributed by atoms with Crippen molar-refractivity contribution in [3.05, 3.63) is 64.5 Å². The number of allylic oxidation sites excluding steroid dienone is 2. The van der Waals surface area contributed by atoms with Crippen molar-refractivity contribution in [1.29, 1.82) is 0 Å². The fraction of sp³-hybridized carbons (Fsp3) is 0.381. The SMILES string of the molecule is [C-]#[N+]C1=C[C@]2(C)c3nn(C)c(-c4cccc(F)c4)c3CC[C@H]2[C@H](C)C1=O. The first kappa shape index (κ1) is 16.7. The third kappa shape index (κ3) is 2.18. The van der Waals surface area contributed by atoms with E-state index in [2.05, 4.69) is 11.8 Å². The molecule has 0 bridgehead atoms. The van der Waals surface area contributed by atoms with Crippen molar-refractivity contribution in [2.24, 2.45) is 18.9 Å². The fourth-order valence-corrected chi connectivity index (χ4v) is 4.81. The first-order chi connectivity index (χ1) is 12.4. The van der Waals surface area contributed by atoms with Gasteiger partial charge in [0.1, 0.15) is 5.82 Å². The van der Waals surface area contributed by atoms with Gasteiger partial charge in [-0.2, -0.15) is 5.10 Å². The predicted octanol–water partition coefficient (Wildman–Crippen LogP) is 4.07. The van der Waals surface area contributed by atoms with Gasteiger partial charge in [0.05, 0.1) is 18.0 Å². The average Bonchev–Trinajstić information content (AvgIpc) is 2.95. The quantitative estimate of drug-likeness (QED) is 0.728. The standard InChI is InChI=1S/C21H20FN3O/c1-12-16-9-8-15-18(13-6-5-7-14(22)10-13)25(4)24-20(15)21(16,2)11-17(23-3)19(12)26/h5-7,10-12,16H,8-9H2,1-2,4H3/t12-,16-,21-/m0/s1. The van der Waals surface area contributed by atoms with Crippen LogP contribution in [0.5, 0.6) is 0 Å². The Bertz CT molecular complexity index is 997. The molecule has 0 unspecified atom stereocenters. The van der Waals surface area contributed by atoms with Gasteiger partial charge in [0, 0.05) is 29.5 Å². The van der Waals surface area contributed by atoms with Crippen LogP contribution in [0.25, 0.3) is 16.1 Å². The van der Waals surface area contributed by atoms with E-state index in [0.717, 1.165) is 35.4 Å². The maximum atomic E-state index is 13.7. The summed E-state index contributed by atoms with van der Waals surface area (Å²) in [5.74, 6) is -0.401. The van der Waals surface area contributed by atoms with Gasteiger partial charge in [-0.25, -0.2) is 9.24 Å². The minimum Gasteiger partial charge on any atom is -0.308 e. The molecular formula is C21H20FN3O. The molecule has 132 valence electrons. The van der Waals surface area contributed by atoms with Crippen LogP contribution in [0, 0.1) is 24.2 Å². The Morgan fingerprint density at radius 3 is 2.88 bits per heavy atom. The summed E-state index contributed by atoms with van der Waals surface area (Å²) in [5.41, 5.74) is 3.49. The number of hydrogen-bond donors (Lipinski definition) is 0. The van der Waals surface area contributed by atoms with E-state index in [9.17, 15) is 9.18 Å². The zero-order valence-corrected chi connectivity index (χ0v) is 15.1. The van der Waals surface area contributed by atoms with Crippen LogP contribution in [0.4, 0.5) is 4.39 Å². The van der Waals surface area contributed by atoms with E-state index in [1.54, 1.807) is 10.7 Å². The molecule has 0 fully saturated rings. The molecular weight excluding hydrogens is 329 g/mol. The van der Waals surface area contributed by atoms with Gasteiger partial charge in [0.2, 0.25) is 5.70 Å². The van der Waals surface area contributed by atoms with E-state index in [0.29, 0.717) is 0 Å². The lowest BCUT2D eigenvalue weighted by Crippen LogP contribution is -2.45. The maximum Gasteiger partial charge on any atom is 0.226 e. The lowest BCUT2D eigenvalue weighted by Gasteiger charge is -2.44. The molecule has 2 aromatic rings. The molecule has 0 saturated carbocycles.